The highest BCUT2D eigenvalue weighted by atomic mass is 19.1. The van der Waals surface area contributed by atoms with Crippen LogP contribution in [0.25, 0.3) is 10.9 Å². The minimum absolute atomic E-state index is 0.0636. The molecular formula is C22H20FN3O3. The molecule has 148 valence electrons. The molecular weight excluding hydrogens is 373 g/mol. The van der Waals surface area contributed by atoms with Gasteiger partial charge >= 0.3 is 0 Å². The molecule has 0 unspecified atom stereocenters. The molecule has 29 heavy (non-hydrogen) atoms. The van der Waals surface area contributed by atoms with E-state index in [0.717, 1.165) is 36.4 Å². The number of nitrogens with one attached hydrogen (secondary N) is 1. The third kappa shape index (κ3) is 3.17. The first kappa shape index (κ1) is 17.9. The van der Waals surface area contributed by atoms with Crippen LogP contribution in [0.4, 0.5) is 15.8 Å². The average molecular weight is 393 g/mol. The number of nitrogens with zero attached hydrogens (tertiary/aromatic N) is 2. The first-order valence-corrected chi connectivity index (χ1v) is 9.70. The van der Waals surface area contributed by atoms with Gasteiger partial charge < -0.3 is 19.5 Å². The van der Waals surface area contributed by atoms with Gasteiger partial charge in [0.1, 0.15) is 11.4 Å². The molecule has 1 fully saturated rings. The summed E-state index contributed by atoms with van der Waals surface area (Å²) >= 11 is 0. The number of aromatic nitrogens is 1. The summed E-state index contributed by atoms with van der Waals surface area (Å²) in [4.78, 5) is 32.3. The standard InChI is InChI=1S/C22H20FN3O3/c23-16-3-1-15-11-18(21(27)24-19(15)12-16)22(28)26-6-5-14-2-4-17(13-20(14)26)25-7-9-29-10-8-25/h1-4,11-13H,5-10H2,(H,24,27). The number of H-pyrrole nitrogens is 1. The van der Waals surface area contributed by atoms with E-state index in [1.165, 1.54) is 12.1 Å². The summed E-state index contributed by atoms with van der Waals surface area (Å²) in [5.41, 5.74) is 2.92. The van der Waals surface area contributed by atoms with Crippen molar-refractivity contribution in [2.45, 2.75) is 6.42 Å². The van der Waals surface area contributed by atoms with Gasteiger partial charge in [-0.15, -0.1) is 0 Å². The number of hydrogen-bond acceptors (Lipinski definition) is 4. The Kier molecular flexibility index (Phi) is 4.32. The van der Waals surface area contributed by atoms with Crippen molar-refractivity contribution < 1.29 is 13.9 Å². The highest BCUT2D eigenvalue weighted by molar-refractivity contribution is 6.08. The smallest absolute Gasteiger partial charge is 0.263 e. The van der Waals surface area contributed by atoms with E-state index in [0.29, 0.717) is 30.7 Å². The predicted octanol–water partition coefficient (Wildman–Crippen LogP) is 2.71. The van der Waals surface area contributed by atoms with Gasteiger partial charge in [-0.1, -0.05) is 6.07 Å². The van der Waals surface area contributed by atoms with Crippen LogP contribution < -0.4 is 15.4 Å². The van der Waals surface area contributed by atoms with Crippen LogP contribution in [0.3, 0.4) is 0 Å². The van der Waals surface area contributed by atoms with Crippen LogP contribution in [0, 0.1) is 5.82 Å². The SMILES string of the molecule is O=C(c1cc2ccc(F)cc2[nH]c1=O)N1CCc2ccc(N3CCOCC3)cc21. The van der Waals surface area contributed by atoms with E-state index >= 15 is 0 Å². The Morgan fingerprint density at radius 3 is 2.69 bits per heavy atom. The lowest BCUT2D eigenvalue weighted by Gasteiger charge is -2.29. The molecule has 7 heteroatoms. The number of pyridine rings is 1. The second-order valence-electron chi connectivity index (χ2n) is 7.36. The lowest BCUT2D eigenvalue weighted by atomic mass is 10.1. The third-order valence-corrected chi connectivity index (χ3v) is 5.62. The number of ether oxygens (including phenoxy) is 1. The Bertz CT molecular complexity index is 1170. The van der Waals surface area contributed by atoms with Crippen LogP contribution in [-0.2, 0) is 11.2 Å². The van der Waals surface area contributed by atoms with Crippen molar-refractivity contribution in [2.75, 3.05) is 42.6 Å². The fourth-order valence-electron chi connectivity index (χ4n) is 4.07. The van der Waals surface area contributed by atoms with Gasteiger partial charge in [0.15, 0.2) is 0 Å². The molecule has 0 spiro atoms. The molecule has 3 heterocycles. The highest BCUT2D eigenvalue weighted by Gasteiger charge is 2.28. The number of carbonyl (C=O) groups is 1. The number of rotatable bonds is 2. The van der Waals surface area contributed by atoms with Gasteiger partial charge in [-0.25, -0.2) is 4.39 Å². The number of benzene rings is 2. The quantitative estimate of drug-likeness (QED) is 0.727. The van der Waals surface area contributed by atoms with Crippen molar-refractivity contribution in [2.24, 2.45) is 0 Å². The molecule has 0 radical (unpaired) electrons. The van der Waals surface area contributed by atoms with E-state index < -0.39 is 11.4 Å². The Balaban J connectivity index is 1.51. The molecule has 5 rings (SSSR count). The Labute approximate surface area is 166 Å². The van der Waals surface area contributed by atoms with Gasteiger partial charge in [0.05, 0.1) is 18.7 Å². The van der Waals surface area contributed by atoms with E-state index in [4.69, 9.17) is 4.74 Å². The topological polar surface area (TPSA) is 65.6 Å². The van der Waals surface area contributed by atoms with Crippen LogP contribution in [0.15, 0.2) is 47.3 Å². The van der Waals surface area contributed by atoms with Crippen molar-refractivity contribution in [3.8, 4) is 0 Å². The van der Waals surface area contributed by atoms with Gasteiger partial charge in [0.25, 0.3) is 11.5 Å². The number of anilines is 2. The summed E-state index contributed by atoms with van der Waals surface area (Å²) in [5.74, 6) is -0.772. The zero-order valence-electron chi connectivity index (χ0n) is 15.8. The van der Waals surface area contributed by atoms with Crippen LogP contribution in [0.2, 0.25) is 0 Å². The van der Waals surface area contributed by atoms with Crippen LogP contribution in [0.1, 0.15) is 15.9 Å². The van der Waals surface area contributed by atoms with Gasteiger partial charge in [0.2, 0.25) is 0 Å². The average Bonchev–Trinajstić information content (AvgIpc) is 3.16. The van der Waals surface area contributed by atoms with Gasteiger partial charge in [-0.05, 0) is 53.8 Å². The fourth-order valence-corrected chi connectivity index (χ4v) is 4.07. The van der Waals surface area contributed by atoms with E-state index in [1.807, 2.05) is 6.07 Å². The number of amides is 1. The second kappa shape index (κ2) is 7.00. The maximum Gasteiger partial charge on any atom is 0.263 e. The monoisotopic (exact) mass is 393 g/mol. The number of fused-ring (bicyclic) bond motifs is 2. The van der Waals surface area contributed by atoms with Crippen molar-refractivity contribution in [3.05, 3.63) is 69.8 Å². The number of aromatic amines is 1. The third-order valence-electron chi connectivity index (χ3n) is 5.62. The molecule has 1 saturated heterocycles. The summed E-state index contributed by atoms with van der Waals surface area (Å²) in [6.45, 7) is 3.53. The van der Waals surface area contributed by atoms with Crippen molar-refractivity contribution in [1.29, 1.82) is 0 Å². The molecule has 1 amide bonds. The molecule has 0 bridgehead atoms. The van der Waals surface area contributed by atoms with Gasteiger partial charge in [-0.3, -0.25) is 9.59 Å². The Hall–Kier alpha value is -3.19. The number of morpholine rings is 1. The summed E-state index contributed by atoms with van der Waals surface area (Å²) in [7, 11) is 0. The van der Waals surface area contributed by atoms with E-state index in [9.17, 15) is 14.0 Å². The first-order valence-electron chi connectivity index (χ1n) is 9.70. The number of hydrogen-bond donors (Lipinski definition) is 1. The maximum atomic E-state index is 13.4. The molecule has 2 aromatic carbocycles. The van der Waals surface area contributed by atoms with Gasteiger partial charge in [0, 0.05) is 31.0 Å². The molecule has 0 saturated carbocycles. The van der Waals surface area contributed by atoms with Crippen molar-refractivity contribution in [3.63, 3.8) is 0 Å². The normalized spacial score (nSPS) is 16.3. The molecule has 6 nitrogen and oxygen atoms in total. The van der Waals surface area contributed by atoms with E-state index in [-0.39, 0.29) is 11.5 Å². The molecule has 1 N–H and O–H groups in total. The fraction of sp³-hybridized carbons (Fsp3) is 0.273. The second-order valence-corrected chi connectivity index (χ2v) is 7.36. The summed E-state index contributed by atoms with van der Waals surface area (Å²) in [6, 6.07) is 11.8. The summed E-state index contributed by atoms with van der Waals surface area (Å²) in [6.07, 6.45) is 0.751. The summed E-state index contributed by atoms with van der Waals surface area (Å²) in [5, 5.41) is 0.621. The van der Waals surface area contributed by atoms with E-state index in [2.05, 4.69) is 22.0 Å². The zero-order chi connectivity index (χ0) is 20.0. The predicted molar refractivity (Wildman–Crippen MR) is 109 cm³/mol. The Morgan fingerprint density at radius 1 is 1.03 bits per heavy atom. The molecule has 0 atom stereocenters. The Morgan fingerprint density at radius 2 is 1.86 bits per heavy atom. The van der Waals surface area contributed by atoms with Gasteiger partial charge in [-0.2, -0.15) is 0 Å². The largest absolute Gasteiger partial charge is 0.378 e. The van der Waals surface area contributed by atoms with Crippen LogP contribution in [0.5, 0.6) is 0 Å². The minimum atomic E-state index is -0.508. The molecule has 1 aromatic heterocycles. The number of halogens is 1. The maximum absolute atomic E-state index is 13.4. The molecule has 2 aliphatic heterocycles. The van der Waals surface area contributed by atoms with Crippen molar-refractivity contribution in [1.82, 2.24) is 4.98 Å². The zero-order valence-corrected chi connectivity index (χ0v) is 15.8. The highest BCUT2D eigenvalue weighted by Crippen LogP contribution is 2.33. The molecule has 3 aromatic rings. The number of carbonyl (C=O) groups excluding carboxylic acids is 1. The van der Waals surface area contributed by atoms with E-state index in [1.54, 1.807) is 17.0 Å². The van der Waals surface area contributed by atoms with Crippen molar-refractivity contribution >= 4 is 28.2 Å². The molecule has 2 aliphatic rings. The lowest BCUT2D eigenvalue weighted by molar-refractivity contribution is 0.0988. The van der Waals surface area contributed by atoms with Crippen LogP contribution >= 0.6 is 0 Å². The minimum Gasteiger partial charge on any atom is -0.378 e. The lowest BCUT2D eigenvalue weighted by Crippen LogP contribution is -2.36. The summed E-state index contributed by atoms with van der Waals surface area (Å²) < 4.78 is 18.8. The van der Waals surface area contributed by atoms with Crippen LogP contribution in [-0.4, -0.2) is 43.7 Å². The molecule has 0 aliphatic carbocycles. The first-order chi connectivity index (χ1) is 14.1.